The topological polar surface area (TPSA) is 66.6 Å². The minimum atomic E-state index is -3.52. The molecule has 0 bridgehead atoms. The molecule has 1 fully saturated rings. The molecule has 0 spiro atoms. The minimum Gasteiger partial charge on any atom is -0.399 e. The molecule has 2 N–H and O–H groups in total. The van der Waals surface area contributed by atoms with E-state index < -0.39 is 10.0 Å². The number of halogens is 1. The number of likely N-dealkylation sites (tertiary alicyclic amines) is 1. The van der Waals surface area contributed by atoms with Crippen molar-refractivity contribution in [3.63, 3.8) is 0 Å². The van der Waals surface area contributed by atoms with Gasteiger partial charge in [0, 0.05) is 38.4 Å². The van der Waals surface area contributed by atoms with Crippen LogP contribution in [0.1, 0.15) is 18.4 Å². The lowest BCUT2D eigenvalue weighted by Gasteiger charge is -2.36. The number of anilines is 1. The van der Waals surface area contributed by atoms with Crippen LogP contribution in [0.15, 0.2) is 53.4 Å². The Labute approximate surface area is 154 Å². The average molecular weight is 377 g/mol. The Morgan fingerprint density at radius 2 is 1.65 bits per heavy atom. The first-order valence-electron chi connectivity index (χ1n) is 8.66. The third-order valence-electron chi connectivity index (χ3n) is 4.95. The average Bonchev–Trinajstić information content (AvgIpc) is 2.64. The largest absolute Gasteiger partial charge is 0.399 e. The normalized spacial score (nSPS) is 16.9. The second-order valence-electron chi connectivity index (χ2n) is 6.72. The number of piperidine rings is 1. The zero-order valence-electron chi connectivity index (χ0n) is 14.8. The van der Waals surface area contributed by atoms with Crippen molar-refractivity contribution in [2.45, 2.75) is 30.3 Å². The fraction of sp³-hybridized carbons (Fsp3) is 0.368. The molecule has 0 amide bonds. The first kappa shape index (κ1) is 18.8. The smallest absolute Gasteiger partial charge is 0.243 e. The number of hydrogen-bond donors (Lipinski definition) is 1. The van der Waals surface area contributed by atoms with Gasteiger partial charge >= 0.3 is 0 Å². The van der Waals surface area contributed by atoms with Gasteiger partial charge < -0.3 is 5.73 Å². The Bertz CT molecular complexity index is 830. The summed E-state index contributed by atoms with van der Waals surface area (Å²) in [7, 11) is -1.87. The molecular weight excluding hydrogens is 353 g/mol. The Hall–Kier alpha value is -1.96. The van der Waals surface area contributed by atoms with Crippen LogP contribution in [0.5, 0.6) is 0 Å². The van der Waals surface area contributed by atoms with Crippen LogP contribution in [0.4, 0.5) is 10.1 Å². The van der Waals surface area contributed by atoms with Crippen molar-refractivity contribution in [1.82, 2.24) is 9.21 Å². The summed E-state index contributed by atoms with van der Waals surface area (Å²) in [5.41, 5.74) is 7.25. The monoisotopic (exact) mass is 377 g/mol. The molecule has 0 aromatic heterocycles. The molecule has 3 rings (SSSR count). The second kappa shape index (κ2) is 7.73. The molecule has 26 heavy (non-hydrogen) atoms. The molecule has 1 saturated heterocycles. The van der Waals surface area contributed by atoms with E-state index in [-0.39, 0.29) is 16.8 Å². The molecular formula is C19H24FN3O2S. The van der Waals surface area contributed by atoms with Crippen LogP contribution in [-0.4, -0.2) is 43.8 Å². The number of sulfonamides is 1. The maximum Gasteiger partial charge on any atom is 0.243 e. The summed E-state index contributed by atoms with van der Waals surface area (Å²) in [6, 6.07) is 12.8. The van der Waals surface area contributed by atoms with E-state index in [4.69, 9.17) is 5.73 Å². The zero-order valence-corrected chi connectivity index (χ0v) is 15.6. The van der Waals surface area contributed by atoms with Crippen molar-refractivity contribution in [2.75, 3.05) is 25.9 Å². The quantitative estimate of drug-likeness (QED) is 0.814. The van der Waals surface area contributed by atoms with Gasteiger partial charge in [-0.15, -0.1) is 0 Å². The SMILES string of the molecule is CN(C1CCN(Cc2ccc(F)cc2)CC1)S(=O)(=O)c1ccc(N)cc1. The molecule has 7 heteroatoms. The summed E-state index contributed by atoms with van der Waals surface area (Å²) >= 11 is 0. The zero-order chi connectivity index (χ0) is 18.7. The number of nitrogen functional groups attached to an aromatic ring is 1. The van der Waals surface area contributed by atoms with Gasteiger partial charge in [0.25, 0.3) is 0 Å². The van der Waals surface area contributed by atoms with Crippen LogP contribution in [0.2, 0.25) is 0 Å². The van der Waals surface area contributed by atoms with E-state index in [0.29, 0.717) is 5.69 Å². The molecule has 1 aliphatic rings. The van der Waals surface area contributed by atoms with Crippen LogP contribution in [0, 0.1) is 5.82 Å². The van der Waals surface area contributed by atoms with E-state index in [0.717, 1.165) is 38.0 Å². The van der Waals surface area contributed by atoms with E-state index in [2.05, 4.69) is 4.90 Å². The predicted molar refractivity (Wildman–Crippen MR) is 101 cm³/mol. The van der Waals surface area contributed by atoms with Gasteiger partial charge in [0.2, 0.25) is 10.0 Å². The van der Waals surface area contributed by atoms with E-state index >= 15 is 0 Å². The number of nitrogens with zero attached hydrogens (tertiary/aromatic N) is 2. The van der Waals surface area contributed by atoms with Crippen LogP contribution in [0.3, 0.4) is 0 Å². The van der Waals surface area contributed by atoms with Gasteiger partial charge in [-0.05, 0) is 54.8 Å². The minimum absolute atomic E-state index is 0.0259. The highest BCUT2D eigenvalue weighted by Crippen LogP contribution is 2.24. The van der Waals surface area contributed by atoms with Gasteiger partial charge in [0.15, 0.2) is 0 Å². The molecule has 5 nitrogen and oxygen atoms in total. The van der Waals surface area contributed by atoms with Crippen molar-refractivity contribution in [3.8, 4) is 0 Å². The van der Waals surface area contributed by atoms with Gasteiger partial charge in [0.05, 0.1) is 4.90 Å². The molecule has 0 radical (unpaired) electrons. The molecule has 140 valence electrons. The van der Waals surface area contributed by atoms with Crippen molar-refractivity contribution in [3.05, 3.63) is 59.9 Å². The number of hydrogen-bond acceptors (Lipinski definition) is 4. The molecule has 0 aliphatic carbocycles. The van der Waals surface area contributed by atoms with E-state index in [1.807, 2.05) is 0 Å². The molecule has 1 aliphatic heterocycles. The van der Waals surface area contributed by atoms with Crippen molar-refractivity contribution < 1.29 is 12.8 Å². The Kier molecular flexibility index (Phi) is 5.60. The van der Waals surface area contributed by atoms with Crippen LogP contribution in [0.25, 0.3) is 0 Å². The summed E-state index contributed by atoms with van der Waals surface area (Å²) < 4.78 is 40.0. The summed E-state index contributed by atoms with van der Waals surface area (Å²) in [5.74, 6) is -0.234. The molecule has 0 atom stereocenters. The van der Waals surface area contributed by atoms with Gasteiger partial charge in [-0.3, -0.25) is 4.90 Å². The fourth-order valence-corrected chi connectivity index (χ4v) is 4.71. The molecule has 2 aromatic carbocycles. The number of rotatable bonds is 5. The second-order valence-corrected chi connectivity index (χ2v) is 8.72. The van der Waals surface area contributed by atoms with Crippen molar-refractivity contribution in [1.29, 1.82) is 0 Å². The fourth-order valence-electron chi connectivity index (χ4n) is 3.29. The lowest BCUT2D eigenvalue weighted by atomic mass is 10.0. The van der Waals surface area contributed by atoms with Crippen LogP contribution < -0.4 is 5.73 Å². The summed E-state index contributed by atoms with van der Waals surface area (Å²) in [6.07, 6.45) is 1.54. The Morgan fingerprint density at radius 3 is 2.23 bits per heavy atom. The highest BCUT2D eigenvalue weighted by molar-refractivity contribution is 7.89. The van der Waals surface area contributed by atoms with Gasteiger partial charge in [-0.1, -0.05) is 12.1 Å². The standard InChI is InChI=1S/C19H24FN3O2S/c1-22(26(24,25)19-8-6-17(21)7-9-19)18-10-12-23(13-11-18)14-15-2-4-16(20)5-3-15/h2-9,18H,10-14,21H2,1H3. The van der Waals surface area contributed by atoms with Crippen LogP contribution in [-0.2, 0) is 16.6 Å². The maximum atomic E-state index is 13.0. The Balaban J connectivity index is 1.60. The lowest BCUT2D eigenvalue weighted by molar-refractivity contribution is 0.164. The third kappa shape index (κ3) is 4.23. The molecule has 0 saturated carbocycles. The van der Waals surface area contributed by atoms with E-state index in [9.17, 15) is 12.8 Å². The molecule has 2 aromatic rings. The maximum absolute atomic E-state index is 13.0. The number of nitrogens with two attached hydrogens (primary N) is 1. The lowest BCUT2D eigenvalue weighted by Crippen LogP contribution is -2.45. The van der Waals surface area contributed by atoms with E-state index in [1.54, 1.807) is 43.4 Å². The summed E-state index contributed by atoms with van der Waals surface area (Å²) in [4.78, 5) is 2.54. The highest BCUT2D eigenvalue weighted by atomic mass is 32.2. The summed E-state index contributed by atoms with van der Waals surface area (Å²) in [5, 5.41) is 0. The van der Waals surface area contributed by atoms with Crippen molar-refractivity contribution in [2.24, 2.45) is 0 Å². The molecule has 1 heterocycles. The third-order valence-corrected chi connectivity index (χ3v) is 6.87. The molecule has 0 unspecified atom stereocenters. The number of benzene rings is 2. The van der Waals surface area contributed by atoms with Gasteiger partial charge in [-0.2, -0.15) is 4.31 Å². The first-order chi connectivity index (χ1) is 12.4. The predicted octanol–water partition coefficient (Wildman–Crippen LogP) is 2.69. The van der Waals surface area contributed by atoms with Crippen LogP contribution >= 0.6 is 0 Å². The van der Waals surface area contributed by atoms with E-state index in [1.165, 1.54) is 16.4 Å². The highest BCUT2D eigenvalue weighted by Gasteiger charge is 2.30. The van der Waals surface area contributed by atoms with Crippen molar-refractivity contribution >= 4 is 15.7 Å². The van der Waals surface area contributed by atoms with Gasteiger partial charge in [0.1, 0.15) is 5.82 Å². The first-order valence-corrected chi connectivity index (χ1v) is 10.1. The summed E-state index contributed by atoms with van der Waals surface area (Å²) in [6.45, 7) is 2.37. The Morgan fingerprint density at radius 1 is 1.08 bits per heavy atom. The van der Waals surface area contributed by atoms with Gasteiger partial charge in [-0.25, -0.2) is 12.8 Å².